The Hall–Kier alpha value is -1.43. The van der Waals surface area contributed by atoms with E-state index in [1.54, 1.807) is 6.33 Å². The van der Waals surface area contributed by atoms with Gasteiger partial charge >= 0.3 is 0 Å². The average Bonchev–Trinajstić information content (AvgIpc) is 2.99. The molecule has 0 radical (unpaired) electrons. The molecule has 6 nitrogen and oxygen atoms in total. The van der Waals surface area contributed by atoms with E-state index in [2.05, 4.69) is 15.5 Å². The van der Waals surface area contributed by atoms with Crippen LogP contribution in [0.5, 0.6) is 0 Å². The largest absolute Gasteiger partial charge is 0.355 e. The summed E-state index contributed by atoms with van der Waals surface area (Å²) in [6, 6.07) is 0. The van der Waals surface area contributed by atoms with Crippen molar-refractivity contribution in [2.45, 2.75) is 32.1 Å². The van der Waals surface area contributed by atoms with E-state index >= 15 is 0 Å². The van der Waals surface area contributed by atoms with Gasteiger partial charge in [0.25, 0.3) is 0 Å². The van der Waals surface area contributed by atoms with Gasteiger partial charge in [-0.05, 0) is 12.8 Å². The first-order valence-corrected chi connectivity index (χ1v) is 6.49. The van der Waals surface area contributed by atoms with E-state index in [0.29, 0.717) is 19.5 Å². The van der Waals surface area contributed by atoms with E-state index < -0.39 is 0 Å². The van der Waals surface area contributed by atoms with Gasteiger partial charge in [-0.15, -0.1) is 10.2 Å². The third-order valence-corrected chi connectivity index (χ3v) is 3.87. The van der Waals surface area contributed by atoms with Crippen LogP contribution < -0.4 is 11.1 Å². The van der Waals surface area contributed by atoms with Gasteiger partial charge in [-0.25, -0.2) is 0 Å². The SMILES string of the molecule is Cn1cnnc1CCNC(=O)C1(CN)CCCC1. The summed E-state index contributed by atoms with van der Waals surface area (Å²) in [4.78, 5) is 12.2. The Bertz CT molecular complexity index is 408. The minimum absolute atomic E-state index is 0.102. The van der Waals surface area contributed by atoms with Crippen molar-refractivity contribution in [1.82, 2.24) is 20.1 Å². The van der Waals surface area contributed by atoms with E-state index in [0.717, 1.165) is 31.5 Å². The second-order valence-corrected chi connectivity index (χ2v) is 5.06. The van der Waals surface area contributed by atoms with Crippen LogP contribution in [0.1, 0.15) is 31.5 Å². The Balaban J connectivity index is 1.83. The van der Waals surface area contributed by atoms with Gasteiger partial charge in [0.1, 0.15) is 12.2 Å². The maximum absolute atomic E-state index is 12.2. The Labute approximate surface area is 107 Å². The molecule has 0 saturated heterocycles. The molecule has 1 amide bonds. The Morgan fingerprint density at radius 3 is 2.83 bits per heavy atom. The number of nitrogens with zero attached hydrogens (tertiary/aromatic N) is 3. The quantitative estimate of drug-likeness (QED) is 0.771. The van der Waals surface area contributed by atoms with Crippen LogP contribution in [-0.2, 0) is 18.3 Å². The monoisotopic (exact) mass is 251 g/mol. The molecule has 0 aliphatic heterocycles. The highest BCUT2D eigenvalue weighted by Crippen LogP contribution is 2.37. The maximum atomic E-state index is 12.2. The summed E-state index contributed by atoms with van der Waals surface area (Å²) in [6.45, 7) is 1.04. The predicted octanol–water partition coefficient (Wildman–Crippen LogP) is -0.00710. The molecule has 1 aromatic heterocycles. The summed E-state index contributed by atoms with van der Waals surface area (Å²) in [5, 5.41) is 10.8. The maximum Gasteiger partial charge on any atom is 0.227 e. The zero-order valence-electron chi connectivity index (χ0n) is 10.9. The lowest BCUT2D eigenvalue weighted by atomic mass is 9.85. The smallest absolute Gasteiger partial charge is 0.227 e. The molecule has 100 valence electrons. The van der Waals surface area contributed by atoms with Gasteiger partial charge in [0.15, 0.2) is 0 Å². The molecule has 6 heteroatoms. The van der Waals surface area contributed by atoms with Gasteiger partial charge in [0.05, 0.1) is 5.41 Å². The van der Waals surface area contributed by atoms with Gasteiger partial charge < -0.3 is 15.6 Å². The number of aromatic nitrogens is 3. The standard InChI is InChI=1S/C12H21N5O/c1-17-9-15-16-10(17)4-7-14-11(18)12(8-13)5-2-3-6-12/h9H,2-8,13H2,1H3,(H,14,18). The first-order valence-electron chi connectivity index (χ1n) is 6.49. The van der Waals surface area contributed by atoms with Crippen LogP contribution in [0.2, 0.25) is 0 Å². The first kappa shape index (κ1) is 13.0. The first-order chi connectivity index (χ1) is 8.68. The molecule has 0 unspecified atom stereocenters. The number of carbonyl (C=O) groups is 1. The Morgan fingerprint density at radius 2 is 2.28 bits per heavy atom. The fourth-order valence-corrected chi connectivity index (χ4v) is 2.58. The van der Waals surface area contributed by atoms with E-state index in [-0.39, 0.29) is 11.3 Å². The molecule has 1 heterocycles. The highest BCUT2D eigenvalue weighted by molar-refractivity contribution is 5.83. The van der Waals surface area contributed by atoms with E-state index in [4.69, 9.17) is 5.73 Å². The van der Waals surface area contributed by atoms with E-state index in [1.165, 1.54) is 0 Å². The number of nitrogens with two attached hydrogens (primary N) is 1. The van der Waals surface area contributed by atoms with Gasteiger partial charge in [-0.1, -0.05) is 12.8 Å². The van der Waals surface area contributed by atoms with Crippen molar-refractivity contribution in [3.63, 3.8) is 0 Å². The van der Waals surface area contributed by atoms with Crippen molar-refractivity contribution in [2.24, 2.45) is 18.2 Å². The van der Waals surface area contributed by atoms with Crippen molar-refractivity contribution in [3.05, 3.63) is 12.2 Å². The topological polar surface area (TPSA) is 85.8 Å². The van der Waals surface area contributed by atoms with Crippen LogP contribution in [-0.4, -0.2) is 33.8 Å². The van der Waals surface area contributed by atoms with Crippen LogP contribution in [0.3, 0.4) is 0 Å². The molecular weight excluding hydrogens is 230 g/mol. The number of amides is 1. The molecule has 3 N–H and O–H groups in total. The summed E-state index contributed by atoms with van der Waals surface area (Å²) in [5.41, 5.74) is 5.45. The molecule has 0 spiro atoms. The molecule has 2 rings (SSSR count). The van der Waals surface area contributed by atoms with Crippen molar-refractivity contribution in [2.75, 3.05) is 13.1 Å². The Morgan fingerprint density at radius 1 is 1.56 bits per heavy atom. The summed E-state index contributed by atoms with van der Waals surface area (Å²) in [5.74, 6) is 0.980. The van der Waals surface area contributed by atoms with Crippen LogP contribution >= 0.6 is 0 Å². The predicted molar refractivity (Wildman–Crippen MR) is 67.7 cm³/mol. The second kappa shape index (κ2) is 5.48. The summed E-state index contributed by atoms with van der Waals surface area (Å²) in [6.07, 6.45) is 6.40. The number of carbonyl (C=O) groups excluding carboxylic acids is 1. The molecule has 1 aromatic rings. The van der Waals surface area contributed by atoms with Gasteiger partial charge in [-0.2, -0.15) is 0 Å². The second-order valence-electron chi connectivity index (χ2n) is 5.06. The molecule has 1 fully saturated rings. The summed E-state index contributed by atoms with van der Waals surface area (Å²) < 4.78 is 1.86. The minimum Gasteiger partial charge on any atom is -0.355 e. The highest BCUT2D eigenvalue weighted by atomic mass is 16.2. The molecule has 1 aliphatic rings. The van der Waals surface area contributed by atoms with Crippen molar-refractivity contribution in [1.29, 1.82) is 0 Å². The zero-order valence-corrected chi connectivity index (χ0v) is 10.9. The number of nitrogens with one attached hydrogen (secondary N) is 1. The molecule has 0 aromatic carbocycles. The van der Waals surface area contributed by atoms with Gasteiger partial charge in [0, 0.05) is 26.6 Å². The molecule has 0 atom stereocenters. The van der Waals surface area contributed by atoms with Crippen molar-refractivity contribution in [3.8, 4) is 0 Å². The minimum atomic E-state index is -0.320. The Kier molecular flexibility index (Phi) is 3.96. The molecule has 0 bridgehead atoms. The van der Waals surface area contributed by atoms with Gasteiger partial charge in [-0.3, -0.25) is 4.79 Å². The highest BCUT2D eigenvalue weighted by Gasteiger charge is 2.39. The third kappa shape index (κ3) is 2.53. The van der Waals surface area contributed by atoms with Crippen LogP contribution in [0, 0.1) is 5.41 Å². The van der Waals surface area contributed by atoms with Crippen LogP contribution in [0.4, 0.5) is 0 Å². The number of hydrogen-bond donors (Lipinski definition) is 2. The number of rotatable bonds is 5. The lowest BCUT2D eigenvalue weighted by Crippen LogP contribution is -2.44. The van der Waals surface area contributed by atoms with Crippen LogP contribution in [0.25, 0.3) is 0 Å². The van der Waals surface area contributed by atoms with Crippen molar-refractivity contribution >= 4 is 5.91 Å². The van der Waals surface area contributed by atoms with Crippen molar-refractivity contribution < 1.29 is 4.79 Å². The average molecular weight is 251 g/mol. The molecular formula is C12H21N5O. The number of aryl methyl sites for hydroxylation is 1. The van der Waals surface area contributed by atoms with E-state index in [9.17, 15) is 4.79 Å². The van der Waals surface area contributed by atoms with Gasteiger partial charge in [0.2, 0.25) is 5.91 Å². The number of hydrogen-bond acceptors (Lipinski definition) is 4. The molecule has 1 aliphatic carbocycles. The zero-order chi connectivity index (χ0) is 13.0. The fourth-order valence-electron chi connectivity index (χ4n) is 2.58. The van der Waals surface area contributed by atoms with E-state index in [1.807, 2.05) is 11.6 Å². The fraction of sp³-hybridized carbons (Fsp3) is 0.750. The third-order valence-electron chi connectivity index (χ3n) is 3.87. The summed E-state index contributed by atoms with van der Waals surface area (Å²) in [7, 11) is 1.90. The lowest BCUT2D eigenvalue weighted by Gasteiger charge is -2.25. The molecule has 1 saturated carbocycles. The normalized spacial score (nSPS) is 17.9. The molecule has 18 heavy (non-hydrogen) atoms. The van der Waals surface area contributed by atoms with Crippen LogP contribution in [0.15, 0.2) is 6.33 Å². The summed E-state index contributed by atoms with van der Waals surface area (Å²) >= 11 is 0. The lowest BCUT2D eigenvalue weighted by molar-refractivity contribution is -0.130.